The van der Waals surface area contributed by atoms with Crippen LogP contribution in [0.25, 0.3) is 0 Å². The Hall–Kier alpha value is -1.39. The lowest BCUT2D eigenvalue weighted by Gasteiger charge is -2.19. The molecule has 0 N–H and O–H groups in total. The molecule has 1 saturated heterocycles. The number of hydrogen-bond acceptors (Lipinski definition) is 4. The number of carboxylic acids is 1. The van der Waals surface area contributed by atoms with Crippen LogP contribution < -0.4 is 5.11 Å². The normalized spacial score (nSPS) is 30.5. The molecule has 5 heteroatoms. The van der Waals surface area contributed by atoms with Crippen LogP contribution in [-0.2, 0) is 14.4 Å². The fourth-order valence-corrected chi connectivity index (χ4v) is 2.52. The predicted molar refractivity (Wildman–Crippen MR) is 47.2 cm³/mol. The third-order valence-corrected chi connectivity index (χ3v) is 3.22. The number of hydrogen-bond donors (Lipinski definition) is 0. The topological polar surface area (TPSA) is 77.5 Å². The van der Waals surface area contributed by atoms with Crippen molar-refractivity contribution in [2.45, 2.75) is 25.7 Å². The highest BCUT2D eigenvalue weighted by Gasteiger charge is 2.47. The number of nitrogens with zero attached hydrogens (tertiary/aromatic N) is 1. The van der Waals surface area contributed by atoms with Crippen molar-refractivity contribution in [3.63, 3.8) is 0 Å². The third-order valence-electron chi connectivity index (χ3n) is 3.22. The minimum atomic E-state index is -1.38. The quantitative estimate of drug-likeness (QED) is 0.543. The summed E-state index contributed by atoms with van der Waals surface area (Å²) in [4.78, 5) is 34.6. The molecule has 2 atom stereocenters. The summed E-state index contributed by atoms with van der Waals surface area (Å²) in [6.45, 7) is -0.593. The lowest BCUT2D eigenvalue weighted by molar-refractivity contribution is -0.305. The van der Waals surface area contributed by atoms with Crippen LogP contribution in [0.2, 0.25) is 0 Å². The van der Waals surface area contributed by atoms with Crippen LogP contribution in [-0.4, -0.2) is 29.2 Å². The first-order valence-corrected chi connectivity index (χ1v) is 5.16. The number of fused-ring (bicyclic) bond motifs is 1. The predicted octanol–water partition coefficient (Wildman–Crippen LogP) is -1.09. The van der Waals surface area contributed by atoms with E-state index in [-0.39, 0.29) is 23.7 Å². The monoisotopic (exact) mass is 210 g/mol. The average molecular weight is 210 g/mol. The van der Waals surface area contributed by atoms with Crippen molar-refractivity contribution in [3.8, 4) is 0 Å². The van der Waals surface area contributed by atoms with E-state index in [9.17, 15) is 19.5 Å². The summed E-state index contributed by atoms with van der Waals surface area (Å²) in [6.07, 6.45) is 3.30. The van der Waals surface area contributed by atoms with E-state index in [1.807, 2.05) is 0 Å². The van der Waals surface area contributed by atoms with Crippen LogP contribution in [0, 0.1) is 11.8 Å². The van der Waals surface area contributed by atoms with Gasteiger partial charge in [0.25, 0.3) is 0 Å². The molecule has 2 aliphatic rings. The lowest BCUT2D eigenvalue weighted by Crippen LogP contribution is -2.41. The largest absolute Gasteiger partial charge is 0.548 e. The van der Waals surface area contributed by atoms with Crippen molar-refractivity contribution >= 4 is 17.8 Å². The molecule has 0 radical (unpaired) electrons. The number of imide groups is 1. The molecule has 5 nitrogen and oxygen atoms in total. The fourth-order valence-electron chi connectivity index (χ4n) is 2.52. The van der Waals surface area contributed by atoms with Gasteiger partial charge < -0.3 is 9.90 Å². The molecular weight excluding hydrogens is 198 g/mol. The van der Waals surface area contributed by atoms with Gasteiger partial charge in [-0.3, -0.25) is 14.5 Å². The molecule has 0 spiro atoms. The molecule has 1 saturated carbocycles. The Kier molecular flexibility index (Phi) is 2.46. The summed E-state index contributed by atoms with van der Waals surface area (Å²) in [5, 5.41) is 10.4. The maximum atomic E-state index is 11.7. The zero-order valence-electron chi connectivity index (χ0n) is 8.27. The van der Waals surface area contributed by atoms with Crippen molar-refractivity contribution in [3.05, 3.63) is 0 Å². The number of carbonyl (C=O) groups excluding carboxylic acids is 3. The SMILES string of the molecule is O=C([O-])CN1C(=O)[C@H]2CCCC[C@H]2C1=O. The van der Waals surface area contributed by atoms with E-state index in [0.717, 1.165) is 17.7 Å². The van der Waals surface area contributed by atoms with Gasteiger partial charge in [0.05, 0.1) is 24.3 Å². The molecule has 0 aromatic heterocycles. The van der Waals surface area contributed by atoms with Gasteiger partial charge in [0.15, 0.2) is 0 Å². The van der Waals surface area contributed by atoms with E-state index < -0.39 is 12.5 Å². The highest BCUT2D eigenvalue weighted by Crippen LogP contribution is 2.37. The van der Waals surface area contributed by atoms with Crippen LogP contribution >= 0.6 is 0 Å². The molecule has 2 fully saturated rings. The highest BCUT2D eigenvalue weighted by atomic mass is 16.4. The summed E-state index contributed by atoms with van der Waals surface area (Å²) in [5.74, 6) is -2.57. The molecule has 2 rings (SSSR count). The molecule has 0 aromatic rings. The second kappa shape index (κ2) is 3.64. The molecule has 1 heterocycles. The smallest absolute Gasteiger partial charge is 0.233 e. The number of carbonyl (C=O) groups is 3. The van der Waals surface area contributed by atoms with Gasteiger partial charge in [0, 0.05) is 0 Å². The van der Waals surface area contributed by atoms with E-state index in [4.69, 9.17) is 0 Å². The maximum absolute atomic E-state index is 11.7. The van der Waals surface area contributed by atoms with Gasteiger partial charge in [-0.25, -0.2) is 0 Å². The standard InChI is InChI=1S/C10H13NO4/c12-8(13)5-11-9(14)6-3-1-2-4-7(6)10(11)15/h6-7H,1-5H2,(H,12,13)/p-1/t6-,7+. The summed E-state index contributed by atoms with van der Waals surface area (Å²) in [7, 11) is 0. The van der Waals surface area contributed by atoms with Crippen molar-refractivity contribution in [2.24, 2.45) is 11.8 Å². The van der Waals surface area contributed by atoms with Gasteiger partial charge in [-0.05, 0) is 12.8 Å². The van der Waals surface area contributed by atoms with Gasteiger partial charge in [-0.15, -0.1) is 0 Å². The summed E-state index contributed by atoms with van der Waals surface area (Å²) in [5.41, 5.74) is 0. The van der Waals surface area contributed by atoms with Crippen molar-refractivity contribution in [1.82, 2.24) is 4.90 Å². The second-order valence-corrected chi connectivity index (χ2v) is 4.13. The fraction of sp³-hybridized carbons (Fsp3) is 0.700. The summed E-state index contributed by atoms with van der Waals surface area (Å²) in [6, 6.07) is 0. The number of carboxylic acid groups (broad SMARTS) is 1. The maximum Gasteiger partial charge on any atom is 0.233 e. The molecule has 1 aliphatic carbocycles. The number of likely N-dealkylation sites (tertiary alicyclic amines) is 1. The van der Waals surface area contributed by atoms with Gasteiger partial charge >= 0.3 is 0 Å². The van der Waals surface area contributed by atoms with Crippen molar-refractivity contribution in [2.75, 3.05) is 6.54 Å². The minimum Gasteiger partial charge on any atom is -0.548 e. The molecule has 1 aliphatic heterocycles. The highest BCUT2D eigenvalue weighted by molar-refractivity contribution is 6.06. The van der Waals surface area contributed by atoms with Crippen LogP contribution in [0.5, 0.6) is 0 Å². The Morgan fingerprint density at radius 2 is 1.67 bits per heavy atom. The van der Waals surface area contributed by atoms with E-state index >= 15 is 0 Å². The van der Waals surface area contributed by atoms with Crippen LogP contribution in [0.4, 0.5) is 0 Å². The van der Waals surface area contributed by atoms with Gasteiger partial charge in [-0.2, -0.15) is 0 Å². The van der Waals surface area contributed by atoms with Crippen LogP contribution in [0.1, 0.15) is 25.7 Å². The zero-order valence-corrected chi connectivity index (χ0v) is 8.27. The molecule has 0 unspecified atom stereocenters. The van der Waals surface area contributed by atoms with Gasteiger partial charge in [-0.1, -0.05) is 12.8 Å². The average Bonchev–Trinajstić information content (AvgIpc) is 2.44. The number of rotatable bonds is 2. The molecule has 15 heavy (non-hydrogen) atoms. The minimum absolute atomic E-state index is 0.273. The summed E-state index contributed by atoms with van der Waals surface area (Å²) >= 11 is 0. The Labute approximate surface area is 87.1 Å². The Morgan fingerprint density at radius 3 is 2.07 bits per heavy atom. The van der Waals surface area contributed by atoms with Gasteiger partial charge in [0.1, 0.15) is 0 Å². The molecular formula is C10H12NO4-. The zero-order chi connectivity index (χ0) is 11.0. The molecule has 0 bridgehead atoms. The van der Waals surface area contributed by atoms with Crippen molar-refractivity contribution in [1.29, 1.82) is 0 Å². The van der Waals surface area contributed by atoms with E-state index in [1.165, 1.54) is 0 Å². The summed E-state index contributed by atoms with van der Waals surface area (Å²) < 4.78 is 0. The lowest BCUT2D eigenvalue weighted by atomic mass is 9.81. The van der Waals surface area contributed by atoms with E-state index in [0.29, 0.717) is 12.8 Å². The molecule has 82 valence electrons. The first-order chi connectivity index (χ1) is 7.11. The van der Waals surface area contributed by atoms with Crippen LogP contribution in [0.15, 0.2) is 0 Å². The van der Waals surface area contributed by atoms with E-state index in [1.54, 1.807) is 0 Å². The van der Waals surface area contributed by atoms with Crippen LogP contribution in [0.3, 0.4) is 0 Å². The Balaban J connectivity index is 2.17. The first-order valence-electron chi connectivity index (χ1n) is 5.16. The second-order valence-electron chi connectivity index (χ2n) is 4.13. The number of aliphatic carboxylic acids is 1. The van der Waals surface area contributed by atoms with Gasteiger partial charge in [0.2, 0.25) is 11.8 Å². The van der Waals surface area contributed by atoms with Crippen molar-refractivity contribution < 1.29 is 19.5 Å². The Morgan fingerprint density at radius 1 is 1.20 bits per heavy atom. The molecule has 2 amide bonds. The number of amides is 2. The Bertz CT molecular complexity index is 301. The third kappa shape index (κ3) is 1.62. The van der Waals surface area contributed by atoms with E-state index in [2.05, 4.69) is 0 Å². The first kappa shape index (κ1) is 10.1. The molecule has 0 aromatic carbocycles.